The number of hydrogen-bond donors (Lipinski definition) is 1. The van der Waals surface area contributed by atoms with Gasteiger partial charge in [-0.25, -0.2) is 4.79 Å². The maximum absolute atomic E-state index is 11.6. The summed E-state index contributed by atoms with van der Waals surface area (Å²) < 4.78 is 9.28. The van der Waals surface area contributed by atoms with Crippen molar-refractivity contribution in [1.29, 1.82) is 0 Å². The third kappa shape index (κ3) is 2.05. The molecule has 6 nitrogen and oxygen atoms in total. The number of allylic oxidation sites excluding steroid dienone is 1. The Morgan fingerprint density at radius 3 is 2.38 bits per heavy atom. The molecule has 0 fully saturated rings. The van der Waals surface area contributed by atoms with Crippen molar-refractivity contribution in [3.8, 4) is 0 Å². The van der Waals surface area contributed by atoms with Crippen LogP contribution in [0.2, 0.25) is 0 Å². The normalized spacial score (nSPS) is 19.8. The molecule has 1 atom stereocenters. The molecule has 1 unspecified atom stereocenters. The Kier molecular flexibility index (Phi) is 3.65. The standard InChI is InChI=1S/C10H14N2O4/c1-5-7(9(13)15-3)8(10(14)16-4)6(2)12-11-5/h7,12H,1-4H3. The second-order valence-electron chi connectivity index (χ2n) is 3.35. The molecule has 0 aromatic rings. The first kappa shape index (κ1) is 12.2. The van der Waals surface area contributed by atoms with Gasteiger partial charge in [0.25, 0.3) is 0 Å². The smallest absolute Gasteiger partial charge is 0.336 e. The van der Waals surface area contributed by atoms with Crippen molar-refractivity contribution >= 4 is 17.7 Å². The quantitative estimate of drug-likeness (QED) is 0.681. The van der Waals surface area contributed by atoms with Gasteiger partial charge in [-0.2, -0.15) is 5.10 Å². The molecule has 0 aromatic carbocycles. The first-order chi connectivity index (χ1) is 7.52. The molecule has 0 aliphatic carbocycles. The summed E-state index contributed by atoms with van der Waals surface area (Å²) in [5, 5.41) is 3.93. The first-order valence-corrected chi connectivity index (χ1v) is 4.70. The van der Waals surface area contributed by atoms with Crippen LogP contribution in [0, 0.1) is 5.92 Å². The van der Waals surface area contributed by atoms with Gasteiger partial charge in [0, 0.05) is 5.70 Å². The van der Waals surface area contributed by atoms with Crippen LogP contribution in [0.3, 0.4) is 0 Å². The third-order valence-corrected chi connectivity index (χ3v) is 2.35. The minimum absolute atomic E-state index is 0.238. The Bertz CT molecular complexity index is 384. The number of ether oxygens (including phenoxy) is 2. The molecule has 0 radical (unpaired) electrons. The van der Waals surface area contributed by atoms with Crippen LogP contribution in [-0.2, 0) is 19.1 Å². The van der Waals surface area contributed by atoms with Crippen LogP contribution in [-0.4, -0.2) is 31.9 Å². The summed E-state index contributed by atoms with van der Waals surface area (Å²) in [6.45, 7) is 3.29. The summed E-state index contributed by atoms with van der Waals surface area (Å²) in [5.41, 5.74) is 3.87. The van der Waals surface area contributed by atoms with Crippen LogP contribution in [0.25, 0.3) is 0 Å². The number of methoxy groups -OCH3 is 2. The summed E-state index contributed by atoms with van der Waals surface area (Å²) >= 11 is 0. The first-order valence-electron chi connectivity index (χ1n) is 4.70. The zero-order valence-electron chi connectivity index (χ0n) is 9.66. The van der Waals surface area contributed by atoms with Crippen molar-refractivity contribution in [2.75, 3.05) is 14.2 Å². The number of nitrogens with one attached hydrogen (secondary N) is 1. The van der Waals surface area contributed by atoms with Gasteiger partial charge in [0.1, 0.15) is 5.92 Å². The summed E-state index contributed by atoms with van der Waals surface area (Å²) in [5.74, 6) is -1.88. The maximum Gasteiger partial charge on any atom is 0.336 e. The predicted molar refractivity (Wildman–Crippen MR) is 56.5 cm³/mol. The van der Waals surface area contributed by atoms with Gasteiger partial charge in [0.2, 0.25) is 0 Å². The van der Waals surface area contributed by atoms with E-state index in [0.29, 0.717) is 11.4 Å². The monoisotopic (exact) mass is 226 g/mol. The molecule has 1 aliphatic rings. The van der Waals surface area contributed by atoms with Crippen LogP contribution >= 0.6 is 0 Å². The topological polar surface area (TPSA) is 77.0 Å². The Hall–Kier alpha value is -1.85. The zero-order chi connectivity index (χ0) is 12.3. The van der Waals surface area contributed by atoms with Gasteiger partial charge in [0.15, 0.2) is 0 Å². The predicted octanol–water partition coefficient (Wildman–Crippen LogP) is 0.202. The molecular formula is C10H14N2O4. The van der Waals surface area contributed by atoms with E-state index in [1.165, 1.54) is 14.2 Å². The number of carbonyl (C=O) groups is 2. The average Bonchev–Trinajstić information content (AvgIpc) is 2.29. The van der Waals surface area contributed by atoms with Crippen molar-refractivity contribution in [2.24, 2.45) is 11.0 Å². The van der Waals surface area contributed by atoms with Crippen molar-refractivity contribution in [3.05, 3.63) is 11.3 Å². The molecule has 0 bridgehead atoms. The lowest BCUT2D eigenvalue weighted by Crippen LogP contribution is -2.36. The van der Waals surface area contributed by atoms with Gasteiger partial charge >= 0.3 is 11.9 Å². The zero-order valence-corrected chi connectivity index (χ0v) is 9.66. The lowest BCUT2D eigenvalue weighted by atomic mass is 9.92. The number of hydrazone groups is 1. The van der Waals surface area contributed by atoms with Crippen LogP contribution in [0.4, 0.5) is 0 Å². The molecule has 6 heteroatoms. The minimum Gasteiger partial charge on any atom is -0.468 e. The van der Waals surface area contributed by atoms with Gasteiger partial charge < -0.3 is 9.47 Å². The highest BCUT2D eigenvalue weighted by molar-refractivity contribution is 6.11. The Morgan fingerprint density at radius 2 is 1.88 bits per heavy atom. The van der Waals surface area contributed by atoms with Crippen molar-refractivity contribution < 1.29 is 19.1 Å². The number of nitrogens with zero attached hydrogens (tertiary/aromatic N) is 1. The summed E-state index contributed by atoms with van der Waals surface area (Å²) in [6, 6.07) is 0. The van der Waals surface area contributed by atoms with E-state index >= 15 is 0 Å². The molecule has 0 amide bonds. The van der Waals surface area contributed by atoms with Gasteiger partial charge in [-0.05, 0) is 13.8 Å². The molecule has 1 rings (SSSR count). The lowest BCUT2D eigenvalue weighted by molar-refractivity contribution is -0.145. The van der Waals surface area contributed by atoms with E-state index in [-0.39, 0.29) is 5.57 Å². The van der Waals surface area contributed by atoms with Gasteiger partial charge in [0.05, 0.1) is 25.5 Å². The number of hydrogen-bond acceptors (Lipinski definition) is 6. The number of esters is 2. The van der Waals surface area contributed by atoms with Crippen LogP contribution in [0.1, 0.15) is 13.8 Å². The fourth-order valence-electron chi connectivity index (χ4n) is 1.51. The second kappa shape index (κ2) is 4.78. The molecule has 0 aromatic heterocycles. The van der Waals surface area contributed by atoms with Crippen molar-refractivity contribution in [2.45, 2.75) is 13.8 Å². The molecule has 0 saturated carbocycles. The summed E-state index contributed by atoms with van der Waals surface area (Å²) in [4.78, 5) is 23.2. The van der Waals surface area contributed by atoms with E-state index in [1.54, 1.807) is 13.8 Å². The van der Waals surface area contributed by atoms with E-state index in [2.05, 4.69) is 20.0 Å². The van der Waals surface area contributed by atoms with E-state index in [4.69, 9.17) is 0 Å². The molecule has 1 heterocycles. The van der Waals surface area contributed by atoms with Gasteiger partial charge in [-0.1, -0.05) is 0 Å². The van der Waals surface area contributed by atoms with Gasteiger partial charge in [-0.15, -0.1) is 0 Å². The Labute approximate surface area is 93.3 Å². The molecule has 1 aliphatic heterocycles. The van der Waals surface area contributed by atoms with Crippen LogP contribution in [0.15, 0.2) is 16.4 Å². The van der Waals surface area contributed by atoms with E-state index in [9.17, 15) is 9.59 Å². The van der Waals surface area contributed by atoms with E-state index < -0.39 is 17.9 Å². The summed E-state index contributed by atoms with van der Waals surface area (Å²) in [6.07, 6.45) is 0. The molecular weight excluding hydrogens is 212 g/mol. The second-order valence-corrected chi connectivity index (χ2v) is 3.35. The number of rotatable bonds is 2. The molecule has 16 heavy (non-hydrogen) atoms. The third-order valence-electron chi connectivity index (χ3n) is 2.35. The average molecular weight is 226 g/mol. The highest BCUT2D eigenvalue weighted by atomic mass is 16.5. The molecule has 1 N–H and O–H groups in total. The molecule has 88 valence electrons. The minimum atomic E-state index is -0.793. The fraction of sp³-hybridized carbons (Fsp3) is 0.500. The fourth-order valence-corrected chi connectivity index (χ4v) is 1.51. The molecule has 0 spiro atoms. The van der Waals surface area contributed by atoms with Crippen LogP contribution in [0.5, 0.6) is 0 Å². The van der Waals surface area contributed by atoms with Crippen LogP contribution < -0.4 is 5.43 Å². The lowest BCUT2D eigenvalue weighted by Gasteiger charge is -2.22. The van der Waals surface area contributed by atoms with Crippen molar-refractivity contribution in [1.82, 2.24) is 5.43 Å². The molecule has 0 saturated heterocycles. The maximum atomic E-state index is 11.6. The number of carbonyl (C=O) groups excluding carboxylic acids is 2. The SMILES string of the molecule is COC(=O)C1=C(C)NN=C(C)C1C(=O)OC. The van der Waals surface area contributed by atoms with E-state index in [1.807, 2.05) is 0 Å². The Morgan fingerprint density at radius 1 is 1.25 bits per heavy atom. The van der Waals surface area contributed by atoms with Gasteiger partial charge in [-0.3, -0.25) is 10.2 Å². The highest BCUT2D eigenvalue weighted by Gasteiger charge is 2.36. The van der Waals surface area contributed by atoms with E-state index in [0.717, 1.165) is 0 Å². The van der Waals surface area contributed by atoms with Crippen molar-refractivity contribution in [3.63, 3.8) is 0 Å². The highest BCUT2D eigenvalue weighted by Crippen LogP contribution is 2.22. The largest absolute Gasteiger partial charge is 0.468 e. The summed E-state index contributed by atoms with van der Waals surface area (Å²) in [7, 11) is 2.53. The Balaban J connectivity index is 3.16.